The molecule has 0 saturated carbocycles. The molecule has 1 heterocycles. The highest BCUT2D eigenvalue weighted by Gasteiger charge is 2.18. The van der Waals surface area contributed by atoms with Gasteiger partial charge in [0.25, 0.3) is 0 Å². The largest absolute Gasteiger partial charge is 0.307 e. The fraction of sp³-hybridized carbons (Fsp3) is 0.105. The van der Waals surface area contributed by atoms with Gasteiger partial charge in [0.2, 0.25) is 0 Å². The molecule has 4 nitrogen and oxygen atoms in total. The quantitative estimate of drug-likeness (QED) is 0.553. The van der Waals surface area contributed by atoms with E-state index in [4.69, 9.17) is 0 Å². The summed E-state index contributed by atoms with van der Waals surface area (Å²) in [5.41, 5.74) is 1.53. The van der Waals surface area contributed by atoms with Crippen molar-refractivity contribution in [3.05, 3.63) is 75.9 Å². The van der Waals surface area contributed by atoms with Gasteiger partial charge in [0.05, 0.1) is 20.9 Å². The van der Waals surface area contributed by atoms with Crippen LogP contribution in [0.1, 0.15) is 5.56 Å². The zero-order valence-electron chi connectivity index (χ0n) is 13.5. The molecule has 0 spiro atoms. The van der Waals surface area contributed by atoms with E-state index >= 15 is 0 Å². The molecule has 0 bridgehead atoms. The van der Waals surface area contributed by atoms with Crippen molar-refractivity contribution in [3.63, 3.8) is 0 Å². The Morgan fingerprint density at radius 2 is 1.76 bits per heavy atom. The van der Waals surface area contributed by atoms with Crippen LogP contribution in [0.15, 0.2) is 70.4 Å². The third kappa shape index (κ3) is 2.77. The minimum atomic E-state index is -3.50. The second kappa shape index (κ2) is 5.82. The summed E-state index contributed by atoms with van der Waals surface area (Å²) in [6, 6.07) is 18.3. The van der Waals surface area contributed by atoms with Crippen LogP contribution in [0.2, 0.25) is 0 Å². The molecule has 0 N–H and O–H groups in total. The lowest BCUT2D eigenvalue weighted by Gasteiger charge is -2.08. The van der Waals surface area contributed by atoms with Crippen LogP contribution in [-0.2, 0) is 22.6 Å². The lowest BCUT2D eigenvalue weighted by molar-refractivity contribution is 0.595. The topological polar surface area (TPSA) is 56.1 Å². The van der Waals surface area contributed by atoms with Crippen LogP contribution in [0.5, 0.6) is 0 Å². The van der Waals surface area contributed by atoms with E-state index < -0.39 is 9.84 Å². The van der Waals surface area contributed by atoms with E-state index in [2.05, 4.69) is 0 Å². The maximum Gasteiger partial charge on any atom is 0.307 e. The molecule has 4 aromatic rings. The van der Waals surface area contributed by atoms with E-state index in [1.807, 2.05) is 42.5 Å². The molecular formula is C19H15NO3S2. The van der Waals surface area contributed by atoms with E-state index in [0.29, 0.717) is 4.70 Å². The third-order valence-corrected chi connectivity index (χ3v) is 7.01. The Morgan fingerprint density at radius 1 is 1.00 bits per heavy atom. The minimum absolute atomic E-state index is 0.0679. The van der Waals surface area contributed by atoms with E-state index in [1.54, 1.807) is 25.2 Å². The molecule has 4 rings (SSSR count). The Labute approximate surface area is 148 Å². The van der Waals surface area contributed by atoms with Gasteiger partial charge in [0.15, 0.2) is 9.84 Å². The smallest absolute Gasteiger partial charge is 0.302 e. The number of fused-ring (bicyclic) bond motifs is 2. The van der Waals surface area contributed by atoms with Crippen molar-refractivity contribution < 1.29 is 8.42 Å². The van der Waals surface area contributed by atoms with Crippen molar-refractivity contribution in [2.45, 2.75) is 10.6 Å². The molecule has 0 aliphatic rings. The Hall–Kier alpha value is -2.44. The molecule has 0 atom stereocenters. The first kappa shape index (κ1) is 16.1. The fourth-order valence-electron chi connectivity index (χ4n) is 3.01. The molecule has 0 aliphatic heterocycles. The molecule has 0 fully saturated rings. The van der Waals surface area contributed by atoms with Gasteiger partial charge in [-0.1, -0.05) is 53.8 Å². The van der Waals surface area contributed by atoms with Crippen molar-refractivity contribution in [1.82, 2.24) is 4.57 Å². The molecule has 0 aliphatic carbocycles. The Bertz CT molecular complexity index is 1260. The Balaban J connectivity index is 1.80. The minimum Gasteiger partial charge on any atom is -0.302 e. The summed E-state index contributed by atoms with van der Waals surface area (Å²) in [7, 11) is -1.82. The maximum absolute atomic E-state index is 12.9. The van der Waals surface area contributed by atoms with E-state index in [1.165, 1.54) is 4.57 Å². The second-order valence-corrected chi connectivity index (χ2v) is 8.94. The maximum atomic E-state index is 12.9. The highest BCUT2D eigenvalue weighted by Crippen LogP contribution is 2.26. The summed E-state index contributed by atoms with van der Waals surface area (Å²) < 4.78 is 28.0. The summed E-state index contributed by atoms with van der Waals surface area (Å²) >= 11 is 1.06. The van der Waals surface area contributed by atoms with E-state index in [9.17, 15) is 13.2 Å². The van der Waals surface area contributed by atoms with Crippen LogP contribution in [0.25, 0.3) is 21.0 Å². The lowest BCUT2D eigenvalue weighted by Crippen LogP contribution is -2.07. The SMILES string of the molecule is Cn1c(=O)sc2cc(S(=O)(=O)Cc3cccc4ccccc34)ccc21. The molecule has 25 heavy (non-hydrogen) atoms. The van der Waals surface area contributed by atoms with Crippen molar-refractivity contribution in [2.24, 2.45) is 7.05 Å². The summed E-state index contributed by atoms with van der Waals surface area (Å²) in [6.07, 6.45) is 0. The van der Waals surface area contributed by atoms with Gasteiger partial charge in [-0.05, 0) is 34.5 Å². The van der Waals surface area contributed by atoms with Crippen molar-refractivity contribution in [2.75, 3.05) is 0 Å². The van der Waals surface area contributed by atoms with E-state index in [0.717, 1.165) is 33.2 Å². The van der Waals surface area contributed by atoms with Crippen LogP contribution in [0, 0.1) is 0 Å². The summed E-state index contributed by atoms with van der Waals surface area (Å²) in [6.45, 7) is 0. The lowest BCUT2D eigenvalue weighted by atomic mass is 10.1. The normalized spacial score (nSPS) is 12.0. The van der Waals surface area contributed by atoms with Gasteiger partial charge in [-0.15, -0.1) is 0 Å². The molecule has 126 valence electrons. The molecule has 1 aromatic heterocycles. The van der Waals surface area contributed by atoms with Crippen LogP contribution in [0.4, 0.5) is 0 Å². The highest BCUT2D eigenvalue weighted by molar-refractivity contribution is 7.90. The number of nitrogens with zero attached hydrogens (tertiary/aromatic N) is 1. The number of sulfone groups is 1. The monoisotopic (exact) mass is 369 g/mol. The van der Waals surface area contributed by atoms with Gasteiger partial charge >= 0.3 is 4.87 Å². The average molecular weight is 369 g/mol. The van der Waals surface area contributed by atoms with Crippen LogP contribution < -0.4 is 4.87 Å². The van der Waals surface area contributed by atoms with Crippen LogP contribution in [-0.4, -0.2) is 13.0 Å². The van der Waals surface area contributed by atoms with Gasteiger partial charge in [0.1, 0.15) is 0 Å². The Kier molecular flexibility index (Phi) is 3.74. The first-order valence-electron chi connectivity index (χ1n) is 7.75. The molecule has 3 aromatic carbocycles. The summed E-state index contributed by atoms with van der Waals surface area (Å²) in [5, 5.41) is 1.96. The highest BCUT2D eigenvalue weighted by atomic mass is 32.2. The molecule has 0 saturated heterocycles. The number of rotatable bonds is 3. The first-order valence-corrected chi connectivity index (χ1v) is 10.2. The van der Waals surface area contributed by atoms with Crippen molar-refractivity contribution >= 4 is 42.2 Å². The third-order valence-electron chi connectivity index (χ3n) is 4.35. The van der Waals surface area contributed by atoms with Crippen LogP contribution >= 0.6 is 11.3 Å². The van der Waals surface area contributed by atoms with Gasteiger partial charge < -0.3 is 4.57 Å². The first-order chi connectivity index (χ1) is 12.0. The van der Waals surface area contributed by atoms with Crippen molar-refractivity contribution in [3.8, 4) is 0 Å². The summed E-state index contributed by atoms with van der Waals surface area (Å²) in [5.74, 6) is -0.0679. The molecular weight excluding hydrogens is 354 g/mol. The Morgan fingerprint density at radius 3 is 2.60 bits per heavy atom. The molecule has 6 heteroatoms. The number of benzene rings is 3. The predicted octanol–water partition coefficient (Wildman–Crippen LogP) is 3.73. The van der Waals surface area contributed by atoms with Gasteiger partial charge in [0, 0.05) is 7.05 Å². The number of aromatic nitrogens is 1. The van der Waals surface area contributed by atoms with Gasteiger partial charge in [-0.3, -0.25) is 4.79 Å². The molecule has 0 unspecified atom stereocenters. The number of aryl methyl sites for hydroxylation is 1. The van der Waals surface area contributed by atoms with Gasteiger partial charge in [-0.25, -0.2) is 8.42 Å². The van der Waals surface area contributed by atoms with E-state index in [-0.39, 0.29) is 15.5 Å². The number of thiazole rings is 1. The summed E-state index contributed by atoms with van der Waals surface area (Å²) in [4.78, 5) is 11.9. The second-order valence-electron chi connectivity index (χ2n) is 5.95. The molecule has 0 radical (unpaired) electrons. The van der Waals surface area contributed by atoms with Gasteiger partial charge in [-0.2, -0.15) is 0 Å². The number of hydrogen-bond donors (Lipinski definition) is 0. The van der Waals surface area contributed by atoms with Crippen molar-refractivity contribution in [1.29, 1.82) is 0 Å². The zero-order valence-corrected chi connectivity index (χ0v) is 15.1. The number of hydrogen-bond acceptors (Lipinski definition) is 4. The predicted molar refractivity (Wildman–Crippen MR) is 102 cm³/mol. The molecule has 0 amide bonds. The zero-order chi connectivity index (χ0) is 17.6. The van der Waals surface area contributed by atoms with Crippen LogP contribution in [0.3, 0.4) is 0 Å². The standard InChI is InChI=1S/C19H15NO3S2/c1-20-17-10-9-15(11-18(17)24-19(20)21)25(22,23)12-14-7-4-6-13-5-2-3-8-16(13)14/h2-11H,12H2,1H3. The average Bonchev–Trinajstić information content (AvgIpc) is 2.89. The fourth-order valence-corrected chi connectivity index (χ4v) is 5.41.